The maximum absolute atomic E-state index is 2.49. The van der Waals surface area contributed by atoms with E-state index in [4.69, 9.17) is 0 Å². The van der Waals surface area contributed by atoms with E-state index >= 15 is 0 Å². The third-order valence-electron chi connectivity index (χ3n) is 5.79. The summed E-state index contributed by atoms with van der Waals surface area (Å²) in [4.78, 5) is 2.37. The van der Waals surface area contributed by atoms with Crippen molar-refractivity contribution in [3.8, 4) is 0 Å². The van der Waals surface area contributed by atoms with Gasteiger partial charge in [-0.05, 0) is 56.2 Å². The second-order valence-corrected chi connectivity index (χ2v) is 11.9. The van der Waals surface area contributed by atoms with Gasteiger partial charge in [-0.1, -0.05) is 61.6 Å². The van der Waals surface area contributed by atoms with Gasteiger partial charge >= 0.3 is 0 Å². The lowest BCUT2D eigenvalue weighted by Crippen LogP contribution is -2.58. The Labute approximate surface area is 149 Å². The highest BCUT2D eigenvalue weighted by atomic mass is 28.3. The van der Waals surface area contributed by atoms with Crippen LogP contribution in [0, 0.1) is 0 Å². The van der Waals surface area contributed by atoms with Crippen molar-refractivity contribution in [3.05, 3.63) is 72.8 Å². The smallest absolute Gasteiger partial charge is 0.118 e. The molecule has 0 radical (unpaired) electrons. The van der Waals surface area contributed by atoms with Crippen molar-refractivity contribution < 1.29 is 0 Å². The van der Waals surface area contributed by atoms with E-state index < -0.39 is 8.07 Å². The molecule has 0 aliphatic carbocycles. The molecule has 0 unspecified atom stereocenters. The van der Waals surface area contributed by atoms with Crippen molar-refractivity contribution in [3.63, 3.8) is 0 Å². The third kappa shape index (κ3) is 1.95. The lowest BCUT2D eigenvalue weighted by atomic mass is 10.0. The third-order valence-corrected chi connectivity index (χ3v) is 9.33. The molecule has 2 heteroatoms. The highest BCUT2D eigenvalue weighted by Gasteiger charge is 2.38. The first kappa shape index (κ1) is 14.7. The Hall–Kier alpha value is -2.58. The van der Waals surface area contributed by atoms with Gasteiger partial charge in [-0.2, -0.15) is 0 Å². The zero-order chi connectivity index (χ0) is 17.2. The molecule has 4 aromatic carbocycles. The van der Waals surface area contributed by atoms with Crippen molar-refractivity contribution in [2.45, 2.75) is 13.1 Å². The lowest BCUT2D eigenvalue weighted by molar-refractivity contribution is 1.22. The molecular formula is C23H21NSi. The van der Waals surface area contributed by atoms with Gasteiger partial charge in [-0.25, -0.2) is 0 Å². The molecule has 1 heterocycles. The second kappa shape index (κ2) is 4.96. The zero-order valence-electron chi connectivity index (χ0n) is 14.9. The Morgan fingerprint density at radius 1 is 0.680 bits per heavy atom. The molecular weight excluding hydrogens is 318 g/mol. The summed E-state index contributed by atoms with van der Waals surface area (Å²) in [5.74, 6) is 0. The summed E-state index contributed by atoms with van der Waals surface area (Å²) >= 11 is 0. The number of anilines is 2. The van der Waals surface area contributed by atoms with E-state index in [9.17, 15) is 0 Å². The fraction of sp³-hybridized carbons (Fsp3) is 0.130. The van der Waals surface area contributed by atoms with Crippen molar-refractivity contribution in [1.29, 1.82) is 0 Å². The van der Waals surface area contributed by atoms with Crippen LogP contribution < -0.4 is 15.3 Å². The van der Waals surface area contributed by atoms with Crippen LogP contribution in [0.25, 0.3) is 21.5 Å². The Morgan fingerprint density at radius 2 is 1.36 bits per heavy atom. The van der Waals surface area contributed by atoms with Crippen LogP contribution in [-0.4, -0.2) is 15.1 Å². The van der Waals surface area contributed by atoms with Crippen LogP contribution >= 0.6 is 0 Å². The molecule has 4 aromatic rings. The SMILES string of the molecule is CN1c2ccccc2[Si](C)(C)c2c1ccc1cc3ccccc3cc21. The van der Waals surface area contributed by atoms with Crippen LogP contribution in [0.3, 0.4) is 0 Å². The van der Waals surface area contributed by atoms with E-state index in [1.165, 1.54) is 38.1 Å². The number of nitrogens with zero attached hydrogens (tertiary/aromatic N) is 1. The van der Waals surface area contributed by atoms with Gasteiger partial charge in [0.1, 0.15) is 8.07 Å². The monoisotopic (exact) mass is 339 g/mol. The van der Waals surface area contributed by atoms with E-state index in [-0.39, 0.29) is 0 Å². The van der Waals surface area contributed by atoms with Crippen molar-refractivity contribution in [2.24, 2.45) is 0 Å². The molecule has 0 aromatic heterocycles. The Bertz CT molecular complexity index is 1140. The number of fused-ring (bicyclic) bond motifs is 5. The van der Waals surface area contributed by atoms with Crippen molar-refractivity contribution in [2.75, 3.05) is 11.9 Å². The normalized spacial score (nSPS) is 15.2. The van der Waals surface area contributed by atoms with Gasteiger partial charge in [-0.15, -0.1) is 0 Å². The maximum atomic E-state index is 2.49. The van der Waals surface area contributed by atoms with Gasteiger partial charge in [0.25, 0.3) is 0 Å². The van der Waals surface area contributed by atoms with Crippen LogP contribution in [-0.2, 0) is 0 Å². The first-order chi connectivity index (χ1) is 12.1. The number of hydrogen-bond donors (Lipinski definition) is 0. The number of benzene rings is 4. The molecule has 122 valence electrons. The summed E-state index contributed by atoms with van der Waals surface area (Å²) in [6.45, 7) is 4.98. The fourth-order valence-electron chi connectivity index (χ4n) is 4.50. The molecule has 0 bridgehead atoms. The molecule has 0 amide bonds. The molecule has 5 rings (SSSR count). The number of rotatable bonds is 0. The van der Waals surface area contributed by atoms with E-state index in [0.29, 0.717) is 0 Å². The van der Waals surface area contributed by atoms with Gasteiger partial charge in [0, 0.05) is 18.4 Å². The van der Waals surface area contributed by atoms with Gasteiger partial charge in [0.05, 0.1) is 0 Å². The molecule has 0 spiro atoms. The van der Waals surface area contributed by atoms with Crippen LogP contribution in [0.2, 0.25) is 13.1 Å². The summed E-state index contributed by atoms with van der Waals surface area (Å²) in [7, 11) is 0.435. The molecule has 1 nitrogen and oxygen atoms in total. The van der Waals surface area contributed by atoms with Crippen LogP contribution in [0.1, 0.15) is 0 Å². The molecule has 0 saturated carbocycles. The molecule has 0 atom stereocenters. The fourth-order valence-corrected chi connectivity index (χ4v) is 7.95. The largest absolute Gasteiger partial charge is 0.345 e. The van der Waals surface area contributed by atoms with E-state index in [2.05, 4.69) is 97.8 Å². The van der Waals surface area contributed by atoms with Gasteiger partial charge < -0.3 is 4.90 Å². The predicted octanol–water partition coefficient (Wildman–Crippen LogP) is 4.90. The minimum atomic E-state index is -1.77. The Balaban J connectivity index is 1.92. The van der Waals surface area contributed by atoms with Crippen LogP contribution in [0.4, 0.5) is 11.4 Å². The summed E-state index contributed by atoms with van der Waals surface area (Å²) in [6.07, 6.45) is 0. The minimum absolute atomic E-state index is 1.32. The second-order valence-electron chi connectivity index (χ2n) is 7.58. The molecule has 0 N–H and O–H groups in total. The average Bonchev–Trinajstić information content (AvgIpc) is 2.64. The van der Waals surface area contributed by atoms with E-state index in [0.717, 1.165) is 0 Å². The minimum Gasteiger partial charge on any atom is -0.345 e. The van der Waals surface area contributed by atoms with E-state index in [1.54, 1.807) is 5.19 Å². The van der Waals surface area contributed by atoms with Crippen molar-refractivity contribution >= 4 is 51.4 Å². The quantitative estimate of drug-likeness (QED) is 0.325. The molecule has 1 aliphatic heterocycles. The number of hydrogen-bond acceptors (Lipinski definition) is 1. The highest BCUT2D eigenvalue weighted by Crippen LogP contribution is 2.34. The first-order valence-electron chi connectivity index (χ1n) is 8.86. The van der Waals surface area contributed by atoms with Crippen molar-refractivity contribution in [1.82, 2.24) is 0 Å². The Kier molecular flexibility index (Phi) is 2.92. The van der Waals surface area contributed by atoms with Gasteiger partial charge in [0.2, 0.25) is 0 Å². The summed E-state index contributed by atoms with van der Waals surface area (Å²) in [6, 6.07) is 27.0. The first-order valence-corrected chi connectivity index (χ1v) is 11.9. The molecule has 0 saturated heterocycles. The summed E-state index contributed by atoms with van der Waals surface area (Å²) < 4.78 is 0. The van der Waals surface area contributed by atoms with E-state index in [1.807, 2.05) is 0 Å². The predicted molar refractivity (Wildman–Crippen MR) is 113 cm³/mol. The topological polar surface area (TPSA) is 3.24 Å². The molecule has 25 heavy (non-hydrogen) atoms. The standard InChI is InChI=1S/C23H21NSi/c1-24-20-10-6-7-11-22(20)25(2,3)23-19-15-17-9-5-4-8-16(17)14-18(19)12-13-21(23)24/h4-15H,1-3H3. The maximum Gasteiger partial charge on any atom is 0.118 e. The van der Waals surface area contributed by atoms with Crippen LogP contribution in [0.5, 0.6) is 0 Å². The number of para-hydroxylation sites is 1. The Morgan fingerprint density at radius 3 is 2.16 bits per heavy atom. The zero-order valence-corrected chi connectivity index (χ0v) is 15.9. The lowest BCUT2D eigenvalue weighted by Gasteiger charge is -2.40. The van der Waals surface area contributed by atoms with Crippen LogP contribution in [0.15, 0.2) is 72.8 Å². The average molecular weight is 340 g/mol. The highest BCUT2D eigenvalue weighted by molar-refractivity contribution is 7.04. The van der Waals surface area contributed by atoms with Gasteiger partial charge in [-0.3, -0.25) is 0 Å². The summed E-state index contributed by atoms with van der Waals surface area (Å²) in [5, 5.41) is 8.52. The molecule has 0 fully saturated rings. The molecule has 1 aliphatic rings. The summed E-state index contributed by atoms with van der Waals surface area (Å²) in [5.41, 5.74) is 2.74. The van der Waals surface area contributed by atoms with Gasteiger partial charge in [0.15, 0.2) is 0 Å².